The number of pyridine rings is 1. The van der Waals surface area contributed by atoms with Crippen LogP contribution in [0.15, 0.2) is 24.4 Å². The van der Waals surface area contributed by atoms with E-state index in [9.17, 15) is 9.90 Å². The molecule has 0 aliphatic heterocycles. The second-order valence-electron chi connectivity index (χ2n) is 6.08. The molecule has 21 heavy (non-hydrogen) atoms. The van der Waals surface area contributed by atoms with Crippen molar-refractivity contribution in [2.75, 3.05) is 11.9 Å². The molecule has 2 aromatic heterocycles. The summed E-state index contributed by atoms with van der Waals surface area (Å²) in [4.78, 5) is 15.9. The number of anilines is 1. The Balaban J connectivity index is 2.30. The average Bonchev–Trinajstić information content (AvgIpc) is 2.76. The van der Waals surface area contributed by atoms with Crippen LogP contribution in [-0.2, 0) is 0 Å². The highest BCUT2D eigenvalue weighted by Crippen LogP contribution is 2.23. The van der Waals surface area contributed by atoms with Crippen LogP contribution in [0.5, 0.6) is 0 Å². The highest BCUT2D eigenvalue weighted by atomic mass is 16.4. The summed E-state index contributed by atoms with van der Waals surface area (Å²) in [5.74, 6) is 1.00. The number of hydrogen-bond donors (Lipinski definition) is 2. The van der Waals surface area contributed by atoms with Crippen molar-refractivity contribution >= 4 is 17.4 Å². The van der Waals surface area contributed by atoms with E-state index in [4.69, 9.17) is 0 Å². The summed E-state index contributed by atoms with van der Waals surface area (Å²) in [7, 11) is 0. The summed E-state index contributed by atoms with van der Waals surface area (Å²) in [6, 6.07) is 5.46. The lowest BCUT2D eigenvalue weighted by Gasteiger charge is -2.25. The summed E-state index contributed by atoms with van der Waals surface area (Å²) in [6.45, 7) is 9.48. The molecule has 0 atom stereocenters. The average molecular weight is 289 g/mol. The molecule has 5 heteroatoms. The number of aromatic carboxylic acids is 1. The number of fused-ring (bicyclic) bond motifs is 1. The van der Waals surface area contributed by atoms with Crippen LogP contribution in [0.4, 0.5) is 5.82 Å². The molecule has 5 nitrogen and oxygen atoms in total. The third-order valence-electron chi connectivity index (χ3n) is 3.95. The van der Waals surface area contributed by atoms with E-state index in [1.807, 2.05) is 6.07 Å². The van der Waals surface area contributed by atoms with E-state index < -0.39 is 5.97 Å². The Morgan fingerprint density at radius 3 is 2.52 bits per heavy atom. The Labute approximate surface area is 125 Å². The molecule has 2 heterocycles. The van der Waals surface area contributed by atoms with Gasteiger partial charge < -0.3 is 10.4 Å². The fourth-order valence-electron chi connectivity index (χ4n) is 2.78. The molecule has 2 rings (SSSR count). The minimum absolute atomic E-state index is 0.192. The van der Waals surface area contributed by atoms with Gasteiger partial charge in [0.2, 0.25) is 0 Å². The quantitative estimate of drug-likeness (QED) is 0.855. The first-order valence-corrected chi connectivity index (χ1v) is 7.36. The molecule has 2 aromatic rings. The van der Waals surface area contributed by atoms with E-state index in [2.05, 4.69) is 38.0 Å². The Morgan fingerprint density at radius 2 is 1.95 bits per heavy atom. The number of nitrogens with zero attached hydrogens (tertiary/aromatic N) is 2. The number of carbonyl (C=O) groups is 1. The zero-order valence-corrected chi connectivity index (χ0v) is 13.0. The number of imidazole rings is 1. The van der Waals surface area contributed by atoms with Crippen molar-refractivity contribution in [2.45, 2.75) is 27.7 Å². The molecule has 0 saturated heterocycles. The van der Waals surface area contributed by atoms with Crippen LogP contribution >= 0.6 is 0 Å². The Kier molecular flexibility index (Phi) is 4.50. The van der Waals surface area contributed by atoms with E-state index in [0.717, 1.165) is 6.54 Å². The largest absolute Gasteiger partial charge is 0.476 e. The Morgan fingerprint density at radius 1 is 1.29 bits per heavy atom. The van der Waals surface area contributed by atoms with Gasteiger partial charge in [-0.3, -0.25) is 4.40 Å². The SMILES string of the molecule is CC(C)C(CNc1nc2ccccn2c1C(=O)O)C(C)C. The molecule has 0 unspecified atom stereocenters. The second kappa shape index (κ2) is 6.16. The Hall–Kier alpha value is -2.04. The van der Waals surface area contributed by atoms with Gasteiger partial charge in [-0.05, 0) is 29.9 Å². The van der Waals surface area contributed by atoms with E-state index in [0.29, 0.717) is 29.2 Å². The van der Waals surface area contributed by atoms with Gasteiger partial charge in [-0.15, -0.1) is 0 Å². The van der Waals surface area contributed by atoms with Crippen LogP contribution in [0.1, 0.15) is 38.2 Å². The van der Waals surface area contributed by atoms with Gasteiger partial charge in [-0.25, -0.2) is 9.78 Å². The Bertz CT molecular complexity index is 623. The van der Waals surface area contributed by atoms with E-state index in [-0.39, 0.29) is 5.69 Å². The van der Waals surface area contributed by atoms with Crippen molar-refractivity contribution in [1.82, 2.24) is 9.38 Å². The molecule has 0 amide bonds. The maximum absolute atomic E-state index is 11.5. The van der Waals surface area contributed by atoms with E-state index in [1.165, 1.54) is 0 Å². The number of carboxylic acid groups (broad SMARTS) is 1. The number of nitrogens with one attached hydrogen (secondary N) is 1. The monoisotopic (exact) mass is 289 g/mol. The molecule has 114 valence electrons. The van der Waals surface area contributed by atoms with Crippen LogP contribution in [0.3, 0.4) is 0 Å². The maximum atomic E-state index is 11.5. The van der Waals surface area contributed by atoms with Gasteiger partial charge in [-0.1, -0.05) is 33.8 Å². The molecule has 0 radical (unpaired) electrons. The van der Waals surface area contributed by atoms with Gasteiger partial charge in [0.05, 0.1) is 0 Å². The smallest absolute Gasteiger partial charge is 0.356 e. The zero-order valence-electron chi connectivity index (χ0n) is 13.0. The van der Waals surface area contributed by atoms with Gasteiger partial charge in [0.25, 0.3) is 0 Å². The first-order valence-electron chi connectivity index (χ1n) is 7.36. The van der Waals surface area contributed by atoms with Crippen molar-refractivity contribution in [3.05, 3.63) is 30.1 Å². The minimum atomic E-state index is -0.971. The van der Waals surface area contributed by atoms with Gasteiger partial charge >= 0.3 is 5.97 Å². The van der Waals surface area contributed by atoms with Crippen molar-refractivity contribution in [3.63, 3.8) is 0 Å². The van der Waals surface area contributed by atoms with Gasteiger partial charge in [0, 0.05) is 12.7 Å². The molecule has 0 fully saturated rings. The minimum Gasteiger partial charge on any atom is -0.476 e. The molecule has 0 spiro atoms. The van der Waals surface area contributed by atoms with Crippen LogP contribution in [0.2, 0.25) is 0 Å². The van der Waals surface area contributed by atoms with Crippen LogP contribution in [0, 0.1) is 17.8 Å². The van der Waals surface area contributed by atoms with Crippen LogP contribution in [0.25, 0.3) is 5.65 Å². The number of carboxylic acids is 1. The molecule has 0 aliphatic carbocycles. The van der Waals surface area contributed by atoms with Crippen molar-refractivity contribution in [1.29, 1.82) is 0 Å². The zero-order chi connectivity index (χ0) is 15.6. The molecular weight excluding hydrogens is 266 g/mol. The highest BCUT2D eigenvalue weighted by Gasteiger charge is 2.21. The van der Waals surface area contributed by atoms with E-state index >= 15 is 0 Å². The maximum Gasteiger partial charge on any atom is 0.356 e. The first-order chi connectivity index (χ1) is 9.91. The lowest BCUT2D eigenvalue weighted by Crippen LogP contribution is -2.25. The summed E-state index contributed by atoms with van der Waals surface area (Å²) in [5, 5.41) is 12.7. The van der Waals surface area contributed by atoms with Gasteiger partial charge in [0.15, 0.2) is 11.5 Å². The van der Waals surface area contributed by atoms with Gasteiger partial charge in [0.1, 0.15) is 5.65 Å². The lowest BCUT2D eigenvalue weighted by atomic mass is 9.85. The third kappa shape index (κ3) is 3.17. The number of aromatic nitrogens is 2. The molecule has 2 N–H and O–H groups in total. The summed E-state index contributed by atoms with van der Waals surface area (Å²) in [5.41, 5.74) is 0.833. The van der Waals surface area contributed by atoms with Crippen LogP contribution in [-0.4, -0.2) is 27.0 Å². The van der Waals surface area contributed by atoms with Gasteiger partial charge in [-0.2, -0.15) is 0 Å². The van der Waals surface area contributed by atoms with Crippen molar-refractivity contribution < 1.29 is 9.90 Å². The normalized spacial score (nSPS) is 11.8. The molecular formula is C16H23N3O2. The summed E-state index contributed by atoms with van der Waals surface area (Å²) < 4.78 is 1.60. The summed E-state index contributed by atoms with van der Waals surface area (Å²) >= 11 is 0. The number of hydrogen-bond acceptors (Lipinski definition) is 3. The molecule has 0 bridgehead atoms. The van der Waals surface area contributed by atoms with E-state index in [1.54, 1.807) is 22.7 Å². The van der Waals surface area contributed by atoms with Crippen LogP contribution < -0.4 is 5.32 Å². The predicted molar refractivity (Wildman–Crippen MR) is 83.8 cm³/mol. The standard InChI is InChI=1S/C16H23N3O2/c1-10(2)12(11(3)4)9-17-15-14(16(20)21)19-8-6-5-7-13(19)18-15/h5-8,10-12,17H,9H2,1-4H3,(H,20,21). The first kappa shape index (κ1) is 15.4. The molecule has 0 aromatic carbocycles. The molecule has 0 aliphatic rings. The summed E-state index contributed by atoms with van der Waals surface area (Å²) in [6.07, 6.45) is 1.72. The number of rotatable bonds is 6. The predicted octanol–water partition coefficient (Wildman–Crippen LogP) is 3.37. The topological polar surface area (TPSA) is 66.6 Å². The van der Waals surface area contributed by atoms with Crippen molar-refractivity contribution in [3.8, 4) is 0 Å². The fourth-order valence-corrected chi connectivity index (χ4v) is 2.78. The molecule has 0 saturated carbocycles. The fraction of sp³-hybridized carbons (Fsp3) is 0.500. The second-order valence-corrected chi connectivity index (χ2v) is 6.08. The lowest BCUT2D eigenvalue weighted by molar-refractivity contribution is 0.0690. The van der Waals surface area contributed by atoms with Crippen molar-refractivity contribution in [2.24, 2.45) is 17.8 Å². The highest BCUT2D eigenvalue weighted by molar-refractivity contribution is 5.92. The third-order valence-corrected chi connectivity index (χ3v) is 3.95.